The van der Waals surface area contributed by atoms with Gasteiger partial charge in [-0.3, -0.25) is 0 Å². The van der Waals surface area contributed by atoms with Crippen molar-refractivity contribution in [3.63, 3.8) is 0 Å². The van der Waals surface area contributed by atoms with E-state index in [0.29, 0.717) is 5.92 Å². The third-order valence-corrected chi connectivity index (χ3v) is 2.07. The van der Waals surface area contributed by atoms with Crippen molar-refractivity contribution in [3.05, 3.63) is 30.1 Å². The molecule has 0 heterocycles. The lowest BCUT2D eigenvalue weighted by molar-refractivity contribution is 0.170. The highest BCUT2D eigenvalue weighted by Gasteiger charge is 2.07. The second-order valence-electron chi connectivity index (χ2n) is 3.52. The van der Waals surface area contributed by atoms with Gasteiger partial charge in [0.2, 0.25) is 0 Å². The largest absolute Gasteiger partial charge is 0.490 e. The average molecular weight is 182 g/mol. The maximum Gasteiger partial charge on any atom is 0.123 e. The lowest BCUT2D eigenvalue weighted by Crippen LogP contribution is -2.18. The van der Waals surface area contributed by atoms with E-state index in [9.17, 15) is 4.39 Å². The maximum absolute atomic E-state index is 12.5. The Morgan fingerprint density at radius 3 is 2.08 bits per heavy atom. The Hall–Kier alpha value is -1.05. The lowest BCUT2D eigenvalue weighted by atomic mass is 10.1. The van der Waals surface area contributed by atoms with Gasteiger partial charge in [-0.05, 0) is 37.1 Å². The molecule has 0 bridgehead atoms. The van der Waals surface area contributed by atoms with Gasteiger partial charge in [-0.2, -0.15) is 0 Å². The van der Waals surface area contributed by atoms with Crippen LogP contribution in [0.15, 0.2) is 24.3 Å². The number of rotatable bonds is 3. The summed E-state index contributed by atoms with van der Waals surface area (Å²) >= 11 is 0. The van der Waals surface area contributed by atoms with E-state index in [1.807, 2.05) is 6.92 Å². The predicted molar refractivity (Wildman–Crippen MR) is 51.3 cm³/mol. The molecule has 0 fully saturated rings. The Kier molecular flexibility index (Phi) is 3.29. The fourth-order valence-electron chi connectivity index (χ4n) is 0.864. The summed E-state index contributed by atoms with van der Waals surface area (Å²) in [5.41, 5.74) is 0. The molecular weight excluding hydrogens is 167 g/mol. The monoisotopic (exact) mass is 182 g/mol. The van der Waals surface area contributed by atoms with Gasteiger partial charge in [0.15, 0.2) is 0 Å². The average Bonchev–Trinajstić information content (AvgIpc) is 2.08. The summed E-state index contributed by atoms with van der Waals surface area (Å²) in [6, 6.07) is 6.10. The van der Waals surface area contributed by atoms with Gasteiger partial charge < -0.3 is 4.74 Å². The summed E-state index contributed by atoms with van der Waals surface area (Å²) in [7, 11) is 0. The lowest BCUT2D eigenvalue weighted by Gasteiger charge is -2.17. The Morgan fingerprint density at radius 1 is 1.08 bits per heavy atom. The standard InChI is InChI=1S/C11H15FO/c1-8(2)9(3)13-11-6-4-10(12)5-7-11/h4-9H,1-3H3/t9-/m0/s1. The molecule has 0 aromatic heterocycles. The van der Waals surface area contributed by atoms with Crippen LogP contribution in [0.3, 0.4) is 0 Å². The highest BCUT2D eigenvalue weighted by Crippen LogP contribution is 2.15. The topological polar surface area (TPSA) is 9.23 Å². The molecule has 0 saturated carbocycles. The number of halogens is 1. The highest BCUT2D eigenvalue weighted by molar-refractivity contribution is 5.22. The molecule has 1 atom stereocenters. The highest BCUT2D eigenvalue weighted by atomic mass is 19.1. The molecule has 0 radical (unpaired) electrons. The van der Waals surface area contributed by atoms with Gasteiger partial charge in [0.05, 0.1) is 6.10 Å². The zero-order valence-corrected chi connectivity index (χ0v) is 8.25. The molecule has 2 heteroatoms. The minimum atomic E-state index is -0.232. The van der Waals surface area contributed by atoms with E-state index in [4.69, 9.17) is 4.74 Å². The summed E-state index contributed by atoms with van der Waals surface area (Å²) in [5, 5.41) is 0. The third kappa shape index (κ3) is 3.05. The van der Waals surface area contributed by atoms with E-state index in [2.05, 4.69) is 13.8 Å². The van der Waals surface area contributed by atoms with Crippen LogP contribution in [0.1, 0.15) is 20.8 Å². The van der Waals surface area contributed by atoms with E-state index in [0.717, 1.165) is 5.75 Å². The van der Waals surface area contributed by atoms with Gasteiger partial charge in [0.1, 0.15) is 11.6 Å². The van der Waals surface area contributed by atoms with E-state index >= 15 is 0 Å². The SMILES string of the molecule is CC(C)[C@H](C)Oc1ccc(F)cc1. The zero-order valence-electron chi connectivity index (χ0n) is 8.25. The fourth-order valence-corrected chi connectivity index (χ4v) is 0.864. The van der Waals surface area contributed by atoms with Crippen molar-refractivity contribution >= 4 is 0 Å². The van der Waals surface area contributed by atoms with Gasteiger partial charge >= 0.3 is 0 Å². The van der Waals surface area contributed by atoms with Gasteiger partial charge in [-0.15, -0.1) is 0 Å². The first-order valence-corrected chi connectivity index (χ1v) is 4.52. The van der Waals surface area contributed by atoms with Crippen molar-refractivity contribution in [1.82, 2.24) is 0 Å². The van der Waals surface area contributed by atoms with Crippen LogP contribution < -0.4 is 4.74 Å². The summed E-state index contributed by atoms with van der Waals surface area (Å²) in [5.74, 6) is 0.956. The molecule has 0 amide bonds. The van der Waals surface area contributed by atoms with Gasteiger partial charge in [0, 0.05) is 0 Å². The first-order valence-electron chi connectivity index (χ1n) is 4.52. The Morgan fingerprint density at radius 2 is 1.62 bits per heavy atom. The van der Waals surface area contributed by atoms with Crippen molar-refractivity contribution in [2.45, 2.75) is 26.9 Å². The van der Waals surface area contributed by atoms with Crippen molar-refractivity contribution in [2.24, 2.45) is 5.92 Å². The molecule has 0 saturated heterocycles. The molecular formula is C11H15FO. The van der Waals surface area contributed by atoms with E-state index in [1.165, 1.54) is 12.1 Å². The second-order valence-corrected chi connectivity index (χ2v) is 3.52. The first-order chi connectivity index (χ1) is 6.09. The normalized spacial score (nSPS) is 13.0. The van der Waals surface area contributed by atoms with Crippen molar-refractivity contribution in [2.75, 3.05) is 0 Å². The summed E-state index contributed by atoms with van der Waals surface area (Å²) in [6.45, 7) is 6.19. The molecule has 0 spiro atoms. The summed E-state index contributed by atoms with van der Waals surface area (Å²) < 4.78 is 18.1. The van der Waals surface area contributed by atoms with Crippen molar-refractivity contribution in [3.8, 4) is 5.75 Å². The molecule has 1 aromatic carbocycles. The second kappa shape index (κ2) is 4.26. The third-order valence-electron chi connectivity index (χ3n) is 2.07. The van der Waals surface area contributed by atoms with Crippen LogP contribution in [0.25, 0.3) is 0 Å². The number of hydrogen-bond acceptors (Lipinski definition) is 1. The van der Waals surface area contributed by atoms with Crippen molar-refractivity contribution < 1.29 is 9.13 Å². The maximum atomic E-state index is 12.5. The Labute approximate surface area is 78.5 Å². The Bertz CT molecular complexity index is 253. The number of benzene rings is 1. The summed E-state index contributed by atoms with van der Waals surface area (Å²) in [6.07, 6.45) is 0.158. The van der Waals surface area contributed by atoms with Crippen LogP contribution in [0.5, 0.6) is 5.75 Å². The van der Waals surface area contributed by atoms with Gasteiger partial charge in [0.25, 0.3) is 0 Å². The molecule has 0 unspecified atom stereocenters. The molecule has 1 rings (SSSR count). The Balaban J connectivity index is 2.59. The van der Waals surface area contributed by atoms with Crippen LogP contribution in [0.4, 0.5) is 4.39 Å². The predicted octanol–water partition coefficient (Wildman–Crippen LogP) is 3.25. The van der Waals surface area contributed by atoms with Crippen molar-refractivity contribution in [1.29, 1.82) is 0 Å². The zero-order chi connectivity index (χ0) is 9.84. The summed E-state index contributed by atoms with van der Waals surface area (Å²) in [4.78, 5) is 0. The molecule has 72 valence electrons. The molecule has 13 heavy (non-hydrogen) atoms. The van der Waals surface area contributed by atoms with Crippen LogP contribution in [0, 0.1) is 11.7 Å². The van der Waals surface area contributed by atoms with E-state index in [1.54, 1.807) is 12.1 Å². The molecule has 0 N–H and O–H groups in total. The molecule has 0 aliphatic heterocycles. The molecule has 1 nitrogen and oxygen atoms in total. The van der Waals surface area contributed by atoms with E-state index < -0.39 is 0 Å². The molecule has 0 aliphatic carbocycles. The quantitative estimate of drug-likeness (QED) is 0.697. The molecule has 0 aliphatic rings. The fraction of sp³-hybridized carbons (Fsp3) is 0.455. The number of ether oxygens (including phenoxy) is 1. The van der Waals surface area contributed by atoms with Gasteiger partial charge in [-0.25, -0.2) is 4.39 Å². The van der Waals surface area contributed by atoms with E-state index in [-0.39, 0.29) is 11.9 Å². The molecule has 1 aromatic rings. The first kappa shape index (κ1) is 10.0. The minimum Gasteiger partial charge on any atom is -0.490 e. The van der Waals surface area contributed by atoms with Gasteiger partial charge in [-0.1, -0.05) is 13.8 Å². The smallest absolute Gasteiger partial charge is 0.123 e. The van der Waals surface area contributed by atoms with Crippen LogP contribution in [-0.4, -0.2) is 6.10 Å². The minimum absolute atomic E-state index is 0.158. The number of hydrogen-bond donors (Lipinski definition) is 0. The van der Waals surface area contributed by atoms with Crippen LogP contribution >= 0.6 is 0 Å². The van der Waals surface area contributed by atoms with Crippen LogP contribution in [0.2, 0.25) is 0 Å². The van der Waals surface area contributed by atoms with Crippen LogP contribution in [-0.2, 0) is 0 Å².